The van der Waals surface area contributed by atoms with Gasteiger partial charge in [-0.05, 0) is 39.8 Å². The third kappa shape index (κ3) is 4.14. The van der Waals surface area contributed by atoms with Crippen LogP contribution in [-0.4, -0.2) is 65.7 Å². The Balaban J connectivity index is 1.41. The smallest absolute Gasteiger partial charge is 0.252 e. The number of para-hydroxylation sites is 2. The van der Waals surface area contributed by atoms with Gasteiger partial charge in [-0.25, -0.2) is 0 Å². The molecular weight excluding hydrogens is 396 g/mol. The highest BCUT2D eigenvalue weighted by molar-refractivity contribution is 5.96. The van der Waals surface area contributed by atoms with Crippen molar-refractivity contribution in [2.45, 2.75) is 70.0 Å². The lowest BCUT2D eigenvalue weighted by atomic mass is 9.98. The monoisotopic (exact) mass is 422 g/mol. The molecule has 3 heterocycles. The van der Waals surface area contributed by atoms with Crippen LogP contribution in [0.5, 0.6) is 5.75 Å². The molecule has 3 aliphatic heterocycles. The predicted molar refractivity (Wildman–Crippen MR) is 102 cm³/mol. The molecule has 0 saturated carbocycles. The summed E-state index contributed by atoms with van der Waals surface area (Å²) in [6.07, 6.45) is -3.68. The maximum Gasteiger partial charge on any atom is 0.252 e. The maximum atomic E-state index is 12.8. The lowest BCUT2D eigenvalue weighted by Crippen LogP contribution is -2.59. The van der Waals surface area contributed by atoms with Gasteiger partial charge in [-0.2, -0.15) is 0 Å². The van der Waals surface area contributed by atoms with E-state index in [0.717, 1.165) is 0 Å². The predicted octanol–water partition coefficient (Wildman–Crippen LogP) is 0.843. The fraction of sp³-hybridized carbons (Fsp3) is 0.600. The van der Waals surface area contributed by atoms with Gasteiger partial charge in [0.25, 0.3) is 5.91 Å². The van der Waals surface area contributed by atoms with Crippen LogP contribution in [0, 0.1) is 0 Å². The number of phenolic OH excluding ortho intramolecular Hbond substituents is 1. The standard InChI is InChI=1S/C20H26N2O8/c1-19(2)27-13-14(28-19)16-18(30-20(3,4)29-16)26-15(13)17(25)21-9-12(24)22-10-7-5-6-8-11(10)23/h5-8,13-16,18,23H,9H2,1-4H3,(H,21,25)(H,22,24)/t13-,14-,15+,16-,18+/m1/s1. The second-order valence-electron chi connectivity index (χ2n) is 8.37. The van der Waals surface area contributed by atoms with Crippen LogP contribution in [0.3, 0.4) is 0 Å². The van der Waals surface area contributed by atoms with Gasteiger partial charge in [-0.3, -0.25) is 9.59 Å². The Morgan fingerprint density at radius 1 is 0.967 bits per heavy atom. The number of phenols is 1. The second-order valence-corrected chi connectivity index (χ2v) is 8.37. The molecule has 164 valence electrons. The number of rotatable bonds is 4. The number of fused-ring (bicyclic) bond motifs is 3. The Kier molecular flexibility index (Phi) is 5.23. The molecule has 0 aromatic heterocycles. The first-order chi connectivity index (χ1) is 14.0. The summed E-state index contributed by atoms with van der Waals surface area (Å²) in [7, 11) is 0. The van der Waals surface area contributed by atoms with E-state index in [1.807, 2.05) is 0 Å². The van der Waals surface area contributed by atoms with Crippen LogP contribution in [-0.2, 0) is 33.3 Å². The normalized spacial score (nSPS) is 33.4. The van der Waals surface area contributed by atoms with Crippen LogP contribution < -0.4 is 10.6 Å². The SMILES string of the molecule is CC1(C)O[C@@H]2[C@@H](O1)[C@@H](C(=O)NCC(=O)Nc1ccccc1O)O[C@H]1OC(C)(C)O[C@@H]12. The molecule has 30 heavy (non-hydrogen) atoms. The highest BCUT2D eigenvalue weighted by Crippen LogP contribution is 2.44. The van der Waals surface area contributed by atoms with Crippen molar-refractivity contribution < 1.29 is 38.4 Å². The highest BCUT2D eigenvalue weighted by Gasteiger charge is 2.62. The Labute approximate surface area is 173 Å². The van der Waals surface area contributed by atoms with Gasteiger partial charge in [-0.15, -0.1) is 0 Å². The maximum absolute atomic E-state index is 12.8. The van der Waals surface area contributed by atoms with Gasteiger partial charge in [0.15, 0.2) is 24.0 Å². The number of anilines is 1. The molecule has 3 fully saturated rings. The third-order valence-corrected chi connectivity index (χ3v) is 5.01. The first-order valence-corrected chi connectivity index (χ1v) is 9.77. The third-order valence-electron chi connectivity index (χ3n) is 5.01. The zero-order valence-electron chi connectivity index (χ0n) is 17.2. The summed E-state index contributed by atoms with van der Waals surface area (Å²) < 4.78 is 29.4. The average molecular weight is 422 g/mol. The molecule has 3 aliphatic rings. The van der Waals surface area contributed by atoms with Crippen molar-refractivity contribution in [1.29, 1.82) is 0 Å². The molecule has 2 amide bonds. The molecule has 5 atom stereocenters. The number of amides is 2. The van der Waals surface area contributed by atoms with Crippen molar-refractivity contribution in [2.75, 3.05) is 11.9 Å². The van der Waals surface area contributed by atoms with Crippen LogP contribution in [0.2, 0.25) is 0 Å². The van der Waals surface area contributed by atoms with Crippen molar-refractivity contribution in [3.8, 4) is 5.75 Å². The van der Waals surface area contributed by atoms with Crippen molar-refractivity contribution in [3.05, 3.63) is 24.3 Å². The molecule has 10 heteroatoms. The topological polar surface area (TPSA) is 125 Å². The van der Waals surface area contributed by atoms with Crippen LogP contribution in [0.4, 0.5) is 5.69 Å². The zero-order valence-corrected chi connectivity index (χ0v) is 17.2. The van der Waals surface area contributed by atoms with Gasteiger partial charge >= 0.3 is 0 Å². The Bertz CT molecular complexity index is 842. The molecule has 4 rings (SSSR count). The summed E-state index contributed by atoms with van der Waals surface area (Å²) in [6.45, 7) is 6.68. The molecule has 0 radical (unpaired) electrons. The molecule has 10 nitrogen and oxygen atoms in total. The molecule has 0 bridgehead atoms. The molecule has 3 N–H and O–H groups in total. The molecule has 0 aliphatic carbocycles. The molecule has 3 saturated heterocycles. The van der Waals surface area contributed by atoms with Crippen molar-refractivity contribution in [2.24, 2.45) is 0 Å². The van der Waals surface area contributed by atoms with Crippen molar-refractivity contribution in [3.63, 3.8) is 0 Å². The number of carbonyl (C=O) groups excluding carboxylic acids is 2. The van der Waals surface area contributed by atoms with E-state index in [9.17, 15) is 14.7 Å². The molecular formula is C20H26N2O8. The lowest BCUT2D eigenvalue weighted by molar-refractivity contribution is -0.231. The fourth-order valence-corrected chi connectivity index (χ4v) is 3.87. The lowest BCUT2D eigenvalue weighted by Gasteiger charge is -2.36. The quantitative estimate of drug-likeness (QED) is 0.610. The Morgan fingerprint density at radius 3 is 2.33 bits per heavy atom. The van der Waals surface area contributed by atoms with Crippen LogP contribution in [0.15, 0.2) is 24.3 Å². The van der Waals surface area contributed by atoms with E-state index in [1.165, 1.54) is 6.07 Å². The second kappa shape index (κ2) is 7.47. The van der Waals surface area contributed by atoms with Crippen LogP contribution in [0.1, 0.15) is 27.7 Å². The van der Waals surface area contributed by atoms with E-state index in [1.54, 1.807) is 45.9 Å². The number of ether oxygens (including phenoxy) is 5. The fourth-order valence-electron chi connectivity index (χ4n) is 3.87. The largest absolute Gasteiger partial charge is 0.506 e. The summed E-state index contributed by atoms with van der Waals surface area (Å²) in [6, 6.07) is 6.31. The average Bonchev–Trinajstić information content (AvgIpc) is 3.14. The number of nitrogens with one attached hydrogen (secondary N) is 2. The zero-order chi connectivity index (χ0) is 21.7. The minimum atomic E-state index is -1.05. The molecule has 1 aromatic carbocycles. The minimum absolute atomic E-state index is 0.0681. The van der Waals surface area contributed by atoms with Gasteiger partial charge < -0.3 is 39.4 Å². The first-order valence-electron chi connectivity index (χ1n) is 9.77. The Morgan fingerprint density at radius 2 is 1.60 bits per heavy atom. The number of hydrogen-bond acceptors (Lipinski definition) is 8. The van der Waals surface area contributed by atoms with Gasteiger partial charge in [0.2, 0.25) is 5.91 Å². The van der Waals surface area contributed by atoms with Gasteiger partial charge in [0, 0.05) is 0 Å². The number of hydrogen-bond donors (Lipinski definition) is 3. The van der Waals surface area contributed by atoms with Gasteiger partial charge in [0.05, 0.1) is 12.2 Å². The molecule has 0 unspecified atom stereocenters. The van der Waals surface area contributed by atoms with Crippen LogP contribution >= 0.6 is 0 Å². The number of aromatic hydroxyl groups is 1. The van der Waals surface area contributed by atoms with E-state index in [-0.39, 0.29) is 18.0 Å². The van der Waals surface area contributed by atoms with Crippen LogP contribution in [0.25, 0.3) is 0 Å². The van der Waals surface area contributed by atoms with E-state index >= 15 is 0 Å². The van der Waals surface area contributed by atoms with Gasteiger partial charge in [-0.1, -0.05) is 12.1 Å². The summed E-state index contributed by atoms with van der Waals surface area (Å²) >= 11 is 0. The number of carbonyl (C=O) groups is 2. The minimum Gasteiger partial charge on any atom is -0.506 e. The molecule has 0 spiro atoms. The summed E-state index contributed by atoms with van der Waals surface area (Å²) in [5.74, 6) is -2.92. The van der Waals surface area contributed by atoms with E-state index < -0.39 is 54.1 Å². The summed E-state index contributed by atoms with van der Waals surface area (Å²) in [5, 5.41) is 14.8. The molecule has 1 aromatic rings. The van der Waals surface area contributed by atoms with E-state index in [4.69, 9.17) is 23.7 Å². The first kappa shape index (κ1) is 21.0. The summed E-state index contributed by atoms with van der Waals surface area (Å²) in [4.78, 5) is 25.0. The van der Waals surface area contributed by atoms with E-state index in [0.29, 0.717) is 0 Å². The van der Waals surface area contributed by atoms with Crippen molar-refractivity contribution in [1.82, 2.24) is 5.32 Å². The number of benzene rings is 1. The van der Waals surface area contributed by atoms with Gasteiger partial charge in [0.1, 0.15) is 24.1 Å². The Hall–Kier alpha value is -2.24. The summed E-state index contributed by atoms with van der Waals surface area (Å²) in [5.41, 5.74) is 0.251. The van der Waals surface area contributed by atoms with Crippen molar-refractivity contribution >= 4 is 17.5 Å². The highest BCUT2D eigenvalue weighted by atomic mass is 16.9. The van der Waals surface area contributed by atoms with E-state index in [2.05, 4.69) is 10.6 Å².